The zero-order valence-electron chi connectivity index (χ0n) is 9.32. The van der Waals surface area contributed by atoms with Crippen molar-refractivity contribution >= 4 is 28.2 Å². The number of carbonyl (C=O) groups excluding carboxylic acids is 1. The zero-order chi connectivity index (χ0) is 11.5. The molecule has 1 saturated heterocycles. The molecule has 0 aromatic carbocycles. The van der Waals surface area contributed by atoms with Gasteiger partial charge >= 0.3 is 0 Å². The summed E-state index contributed by atoms with van der Waals surface area (Å²) in [6, 6.07) is 0. The average molecular weight is 240 g/mol. The van der Waals surface area contributed by atoms with Crippen LogP contribution in [0.2, 0.25) is 0 Å². The van der Waals surface area contributed by atoms with Crippen LogP contribution in [0.25, 0.3) is 0 Å². The molecule has 6 heteroatoms. The van der Waals surface area contributed by atoms with Crippen molar-refractivity contribution in [3.8, 4) is 0 Å². The van der Waals surface area contributed by atoms with E-state index in [0.717, 1.165) is 18.2 Å². The number of piperidine rings is 1. The quantitative estimate of drug-likeness (QED) is 0.811. The summed E-state index contributed by atoms with van der Waals surface area (Å²) < 4.78 is 0. The lowest BCUT2D eigenvalue weighted by atomic mass is 10.1. The van der Waals surface area contributed by atoms with Gasteiger partial charge in [0.15, 0.2) is 5.13 Å². The Morgan fingerprint density at radius 1 is 1.44 bits per heavy atom. The number of thiazole rings is 1. The number of rotatable bonds is 2. The van der Waals surface area contributed by atoms with E-state index in [2.05, 4.69) is 15.2 Å². The van der Waals surface area contributed by atoms with Crippen molar-refractivity contribution in [2.24, 2.45) is 0 Å². The highest BCUT2D eigenvalue weighted by molar-refractivity contribution is 7.18. The summed E-state index contributed by atoms with van der Waals surface area (Å²) in [5, 5.41) is 3.44. The van der Waals surface area contributed by atoms with Gasteiger partial charge in [-0.2, -0.15) is 0 Å². The molecule has 2 rings (SSSR count). The van der Waals surface area contributed by atoms with Gasteiger partial charge in [-0.1, -0.05) is 11.3 Å². The monoisotopic (exact) mass is 240 g/mol. The molecule has 1 aromatic rings. The molecule has 0 unspecified atom stereocenters. The predicted molar refractivity (Wildman–Crippen MR) is 66.0 cm³/mol. The molecule has 0 saturated carbocycles. The highest BCUT2D eigenvalue weighted by Gasteiger charge is 2.19. The largest absolute Gasteiger partial charge is 0.382 e. The van der Waals surface area contributed by atoms with Crippen molar-refractivity contribution in [3.63, 3.8) is 0 Å². The summed E-state index contributed by atoms with van der Waals surface area (Å²) in [5.41, 5.74) is 5.74. The second kappa shape index (κ2) is 4.69. The third-order valence-electron chi connectivity index (χ3n) is 2.70. The third-order valence-corrected chi connectivity index (χ3v) is 3.83. The molecule has 88 valence electrons. The molecular formula is C10H16N4OS. The van der Waals surface area contributed by atoms with Crippen molar-refractivity contribution < 1.29 is 4.79 Å². The van der Waals surface area contributed by atoms with Crippen molar-refractivity contribution in [3.05, 3.63) is 4.88 Å². The summed E-state index contributed by atoms with van der Waals surface area (Å²) in [7, 11) is 1.60. The van der Waals surface area contributed by atoms with Crippen LogP contribution in [0.1, 0.15) is 28.9 Å². The fourth-order valence-corrected chi connectivity index (χ4v) is 2.80. The van der Waals surface area contributed by atoms with Crippen LogP contribution in [0, 0.1) is 0 Å². The zero-order valence-corrected chi connectivity index (χ0v) is 10.1. The van der Waals surface area contributed by atoms with E-state index < -0.39 is 0 Å². The van der Waals surface area contributed by atoms with E-state index in [1.807, 2.05) is 0 Å². The van der Waals surface area contributed by atoms with Gasteiger partial charge in [0.2, 0.25) is 0 Å². The van der Waals surface area contributed by atoms with Crippen LogP contribution in [0.15, 0.2) is 0 Å². The number of carbonyl (C=O) groups is 1. The summed E-state index contributed by atoms with van der Waals surface area (Å²) in [4.78, 5) is 18.5. The molecule has 16 heavy (non-hydrogen) atoms. The smallest absolute Gasteiger partial charge is 0.265 e. The second-order valence-electron chi connectivity index (χ2n) is 3.84. The lowest BCUT2D eigenvalue weighted by Crippen LogP contribution is -2.29. The minimum atomic E-state index is -0.154. The minimum Gasteiger partial charge on any atom is -0.382 e. The van der Waals surface area contributed by atoms with Crippen LogP contribution in [-0.4, -0.2) is 31.0 Å². The molecule has 0 aliphatic carbocycles. The Balaban J connectivity index is 2.19. The van der Waals surface area contributed by atoms with E-state index in [4.69, 9.17) is 5.73 Å². The first-order valence-electron chi connectivity index (χ1n) is 5.45. The maximum Gasteiger partial charge on any atom is 0.265 e. The normalized spacial score (nSPS) is 16.2. The first-order valence-corrected chi connectivity index (χ1v) is 6.27. The van der Waals surface area contributed by atoms with E-state index in [0.29, 0.717) is 10.7 Å². The Morgan fingerprint density at radius 2 is 2.12 bits per heavy atom. The van der Waals surface area contributed by atoms with Gasteiger partial charge in [-0.25, -0.2) is 4.98 Å². The highest BCUT2D eigenvalue weighted by Crippen LogP contribution is 2.29. The van der Waals surface area contributed by atoms with E-state index in [9.17, 15) is 4.79 Å². The summed E-state index contributed by atoms with van der Waals surface area (Å²) >= 11 is 1.38. The topological polar surface area (TPSA) is 71.2 Å². The van der Waals surface area contributed by atoms with Crippen LogP contribution >= 0.6 is 11.3 Å². The number of nitrogen functional groups attached to an aromatic ring is 1. The van der Waals surface area contributed by atoms with Gasteiger partial charge in [-0.3, -0.25) is 4.79 Å². The van der Waals surface area contributed by atoms with Gasteiger partial charge in [-0.15, -0.1) is 0 Å². The molecule has 5 nitrogen and oxygen atoms in total. The maximum atomic E-state index is 11.5. The fourth-order valence-electron chi connectivity index (χ4n) is 1.82. The molecule has 0 spiro atoms. The van der Waals surface area contributed by atoms with E-state index >= 15 is 0 Å². The highest BCUT2D eigenvalue weighted by atomic mass is 32.1. The minimum absolute atomic E-state index is 0.154. The van der Waals surface area contributed by atoms with Gasteiger partial charge in [0, 0.05) is 20.1 Å². The third kappa shape index (κ3) is 2.11. The average Bonchev–Trinajstić information content (AvgIpc) is 2.71. The molecule has 1 aliphatic rings. The Bertz CT molecular complexity index is 384. The molecular weight excluding hydrogens is 224 g/mol. The number of amides is 1. The molecule has 3 N–H and O–H groups in total. The lowest BCUT2D eigenvalue weighted by molar-refractivity contribution is 0.0968. The van der Waals surface area contributed by atoms with Crippen molar-refractivity contribution in [2.45, 2.75) is 19.3 Å². The van der Waals surface area contributed by atoms with Gasteiger partial charge in [0.25, 0.3) is 5.91 Å². The van der Waals surface area contributed by atoms with Gasteiger partial charge < -0.3 is 16.0 Å². The van der Waals surface area contributed by atoms with Crippen molar-refractivity contribution in [1.82, 2.24) is 10.3 Å². The number of nitrogens with two attached hydrogens (primary N) is 1. The molecule has 0 radical (unpaired) electrons. The van der Waals surface area contributed by atoms with E-state index in [1.54, 1.807) is 7.05 Å². The van der Waals surface area contributed by atoms with Crippen LogP contribution in [-0.2, 0) is 0 Å². The van der Waals surface area contributed by atoms with Crippen molar-refractivity contribution in [2.75, 3.05) is 30.8 Å². The molecule has 1 aliphatic heterocycles. The van der Waals surface area contributed by atoms with Crippen LogP contribution in [0.4, 0.5) is 10.9 Å². The Labute approximate surface area is 98.7 Å². The molecule has 1 fully saturated rings. The number of aromatic nitrogens is 1. The summed E-state index contributed by atoms with van der Waals surface area (Å²) in [6.07, 6.45) is 3.66. The van der Waals surface area contributed by atoms with Gasteiger partial charge in [0.05, 0.1) is 0 Å². The molecule has 0 atom stereocenters. The summed E-state index contributed by atoms with van der Waals surface area (Å²) in [5.74, 6) is 0.184. The Hall–Kier alpha value is -1.30. The molecule has 1 amide bonds. The van der Waals surface area contributed by atoms with Crippen molar-refractivity contribution in [1.29, 1.82) is 0 Å². The Kier molecular flexibility index (Phi) is 3.28. The molecule has 2 heterocycles. The van der Waals surface area contributed by atoms with E-state index in [-0.39, 0.29) is 5.91 Å². The van der Waals surface area contributed by atoms with Crippen LogP contribution < -0.4 is 16.0 Å². The number of hydrogen-bond donors (Lipinski definition) is 2. The SMILES string of the molecule is CNC(=O)c1sc(N2CCCCC2)nc1N. The Morgan fingerprint density at radius 3 is 2.75 bits per heavy atom. The predicted octanol–water partition coefficient (Wildman–Crippen LogP) is 1.08. The molecule has 1 aromatic heterocycles. The molecule has 0 bridgehead atoms. The van der Waals surface area contributed by atoms with Gasteiger partial charge in [-0.05, 0) is 19.3 Å². The number of hydrogen-bond acceptors (Lipinski definition) is 5. The van der Waals surface area contributed by atoms with Crippen LogP contribution in [0.3, 0.4) is 0 Å². The lowest BCUT2D eigenvalue weighted by Gasteiger charge is -2.25. The fraction of sp³-hybridized carbons (Fsp3) is 0.600. The first-order chi connectivity index (χ1) is 7.72. The van der Waals surface area contributed by atoms with Crippen LogP contribution in [0.5, 0.6) is 0 Å². The van der Waals surface area contributed by atoms with E-state index in [1.165, 1.54) is 30.6 Å². The summed E-state index contributed by atoms with van der Waals surface area (Å²) in [6.45, 7) is 2.03. The second-order valence-corrected chi connectivity index (χ2v) is 4.82. The number of anilines is 2. The maximum absolute atomic E-state index is 11.5. The standard InChI is InChI=1S/C10H16N4OS/c1-12-9(15)7-8(11)13-10(16-7)14-5-3-2-4-6-14/h2-6,11H2,1H3,(H,12,15). The number of nitrogens with one attached hydrogen (secondary N) is 1. The first kappa shape index (κ1) is 11.2. The number of nitrogens with zero attached hydrogens (tertiary/aromatic N) is 2. The van der Waals surface area contributed by atoms with Gasteiger partial charge in [0.1, 0.15) is 10.7 Å².